The Balaban J connectivity index is 1.82. The minimum Gasteiger partial charge on any atom is -0.466 e. The molecule has 0 aliphatic carbocycles. The molecule has 0 saturated carbocycles. The molecule has 0 saturated heterocycles. The molecular formula is C16H15N3O5S. The largest absolute Gasteiger partial charge is 0.466 e. The molecule has 130 valence electrons. The van der Waals surface area contributed by atoms with Crippen LogP contribution in [0.15, 0.2) is 53.4 Å². The first kappa shape index (κ1) is 16.9. The molecule has 0 fully saturated rings. The second kappa shape index (κ2) is 5.87. The lowest BCUT2D eigenvalue weighted by Crippen LogP contribution is -2.56. The number of amides is 2. The standard InChI is InChI=1S/C16H15N3O5S/c1-16(15(21)19-12-4-2-3-5-13(12)24-16)14(20)18-10-6-8-11(9-7-10)25(17,22)23/h2-9H,1H3,(H,18,20)(H,19,21)(H2,17,22,23)/t16-/m1/s1. The number of benzene rings is 2. The second-order valence-corrected chi connectivity index (χ2v) is 7.17. The van der Waals surface area contributed by atoms with Crippen molar-refractivity contribution in [3.05, 3.63) is 48.5 Å². The van der Waals surface area contributed by atoms with Gasteiger partial charge < -0.3 is 15.4 Å². The van der Waals surface area contributed by atoms with Gasteiger partial charge in [-0.2, -0.15) is 0 Å². The fraction of sp³-hybridized carbons (Fsp3) is 0.125. The van der Waals surface area contributed by atoms with Gasteiger partial charge in [-0.1, -0.05) is 12.1 Å². The number of rotatable bonds is 3. The first-order chi connectivity index (χ1) is 11.7. The summed E-state index contributed by atoms with van der Waals surface area (Å²) in [5, 5.41) is 10.2. The van der Waals surface area contributed by atoms with Gasteiger partial charge in [0.05, 0.1) is 10.6 Å². The molecule has 3 rings (SSSR count). The minimum absolute atomic E-state index is 0.0858. The molecule has 1 atom stereocenters. The molecule has 0 aromatic heterocycles. The zero-order chi connectivity index (χ0) is 18.2. The fourth-order valence-corrected chi connectivity index (χ4v) is 2.81. The molecule has 0 bridgehead atoms. The van der Waals surface area contributed by atoms with E-state index in [1.165, 1.54) is 31.2 Å². The third kappa shape index (κ3) is 3.19. The molecule has 1 heterocycles. The third-order valence-electron chi connectivity index (χ3n) is 3.76. The number of hydrogen-bond donors (Lipinski definition) is 3. The van der Waals surface area contributed by atoms with Crippen molar-refractivity contribution >= 4 is 33.2 Å². The number of para-hydroxylation sites is 2. The lowest BCUT2D eigenvalue weighted by atomic mass is 10.0. The van der Waals surface area contributed by atoms with E-state index in [-0.39, 0.29) is 4.90 Å². The van der Waals surface area contributed by atoms with Crippen LogP contribution in [0.5, 0.6) is 5.75 Å². The van der Waals surface area contributed by atoms with E-state index in [0.29, 0.717) is 17.1 Å². The molecule has 2 aromatic carbocycles. The van der Waals surface area contributed by atoms with Gasteiger partial charge >= 0.3 is 0 Å². The number of nitrogens with one attached hydrogen (secondary N) is 2. The lowest BCUT2D eigenvalue weighted by molar-refractivity contribution is -0.143. The topological polar surface area (TPSA) is 128 Å². The monoisotopic (exact) mass is 361 g/mol. The van der Waals surface area contributed by atoms with Crippen molar-refractivity contribution in [3.8, 4) is 5.75 Å². The molecule has 1 aliphatic rings. The van der Waals surface area contributed by atoms with Crippen LogP contribution < -0.4 is 20.5 Å². The smallest absolute Gasteiger partial charge is 0.278 e. The lowest BCUT2D eigenvalue weighted by Gasteiger charge is -2.33. The number of primary sulfonamides is 1. The second-order valence-electron chi connectivity index (χ2n) is 5.61. The van der Waals surface area contributed by atoms with Crippen LogP contribution in [0.4, 0.5) is 11.4 Å². The van der Waals surface area contributed by atoms with Gasteiger partial charge in [0.25, 0.3) is 17.4 Å². The molecule has 9 heteroatoms. The SMILES string of the molecule is C[C@]1(C(=O)Nc2ccc(S(N)(=O)=O)cc2)Oc2ccccc2NC1=O. The van der Waals surface area contributed by atoms with Gasteiger partial charge in [0.2, 0.25) is 10.0 Å². The Morgan fingerprint density at radius 2 is 1.80 bits per heavy atom. The molecule has 4 N–H and O–H groups in total. The van der Waals surface area contributed by atoms with Gasteiger partial charge in [0, 0.05) is 5.69 Å². The summed E-state index contributed by atoms with van der Waals surface area (Å²) in [5.41, 5.74) is -0.989. The molecule has 8 nitrogen and oxygen atoms in total. The molecule has 0 radical (unpaired) electrons. The normalized spacial score (nSPS) is 19.4. The highest BCUT2D eigenvalue weighted by atomic mass is 32.2. The van der Waals surface area contributed by atoms with Gasteiger partial charge in [0.15, 0.2) is 0 Å². The summed E-state index contributed by atoms with van der Waals surface area (Å²) in [7, 11) is -3.82. The molecule has 0 unspecified atom stereocenters. The Morgan fingerprint density at radius 1 is 1.16 bits per heavy atom. The number of anilines is 2. The van der Waals surface area contributed by atoms with Crippen LogP contribution in [-0.2, 0) is 19.6 Å². The van der Waals surface area contributed by atoms with Gasteiger partial charge in [-0.15, -0.1) is 0 Å². The number of hydrogen-bond acceptors (Lipinski definition) is 5. The maximum absolute atomic E-state index is 12.6. The molecule has 0 spiro atoms. The average molecular weight is 361 g/mol. The van der Waals surface area contributed by atoms with E-state index in [4.69, 9.17) is 9.88 Å². The van der Waals surface area contributed by atoms with Gasteiger partial charge in [0.1, 0.15) is 5.75 Å². The summed E-state index contributed by atoms with van der Waals surface area (Å²) in [6, 6.07) is 12.0. The Morgan fingerprint density at radius 3 is 2.44 bits per heavy atom. The maximum atomic E-state index is 12.6. The van der Waals surface area contributed by atoms with E-state index >= 15 is 0 Å². The van der Waals surface area contributed by atoms with Crippen LogP contribution in [0.25, 0.3) is 0 Å². The molecule has 1 aliphatic heterocycles. The van der Waals surface area contributed by atoms with Gasteiger partial charge in [-0.05, 0) is 43.3 Å². The molecule has 25 heavy (non-hydrogen) atoms. The highest BCUT2D eigenvalue weighted by Gasteiger charge is 2.47. The first-order valence-corrected chi connectivity index (χ1v) is 8.78. The van der Waals surface area contributed by atoms with Crippen molar-refractivity contribution in [2.24, 2.45) is 5.14 Å². The third-order valence-corrected chi connectivity index (χ3v) is 4.69. The number of ether oxygens (including phenoxy) is 1. The van der Waals surface area contributed by atoms with E-state index in [2.05, 4.69) is 10.6 Å². The van der Waals surface area contributed by atoms with Crippen molar-refractivity contribution in [1.82, 2.24) is 0 Å². The van der Waals surface area contributed by atoms with E-state index in [0.717, 1.165) is 0 Å². The number of nitrogens with two attached hydrogens (primary N) is 1. The van der Waals surface area contributed by atoms with Crippen LogP contribution in [-0.4, -0.2) is 25.8 Å². The van der Waals surface area contributed by atoms with Crippen molar-refractivity contribution in [2.45, 2.75) is 17.4 Å². The van der Waals surface area contributed by atoms with E-state index in [1.54, 1.807) is 24.3 Å². The van der Waals surface area contributed by atoms with Crippen molar-refractivity contribution in [3.63, 3.8) is 0 Å². The summed E-state index contributed by atoms with van der Waals surface area (Å²) in [5.74, 6) is -0.919. The Kier molecular flexibility index (Phi) is 3.97. The molecule has 2 aromatic rings. The van der Waals surface area contributed by atoms with E-state index in [9.17, 15) is 18.0 Å². The van der Waals surface area contributed by atoms with Crippen LogP contribution in [0, 0.1) is 0 Å². The van der Waals surface area contributed by atoms with Crippen LogP contribution in [0.2, 0.25) is 0 Å². The van der Waals surface area contributed by atoms with Crippen molar-refractivity contribution in [2.75, 3.05) is 10.6 Å². The van der Waals surface area contributed by atoms with E-state index in [1.807, 2.05) is 0 Å². The summed E-state index contributed by atoms with van der Waals surface area (Å²) >= 11 is 0. The Hall–Kier alpha value is -2.91. The van der Waals surface area contributed by atoms with Crippen LogP contribution in [0.3, 0.4) is 0 Å². The fourth-order valence-electron chi connectivity index (χ4n) is 2.29. The van der Waals surface area contributed by atoms with Crippen molar-refractivity contribution in [1.29, 1.82) is 0 Å². The van der Waals surface area contributed by atoms with Gasteiger partial charge in [-0.3, -0.25) is 9.59 Å². The minimum atomic E-state index is -3.82. The highest BCUT2D eigenvalue weighted by Crippen LogP contribution is 2.33. The Bertz CT molecular complexity index is 956. The summed E-state index contributed by atoms with van der Waals surface area (Å²) in [6.45, 7) is 1.35. The van der Waals surface area contributed by atoms with Gasteiger partial charge in [-0.25, -0.2) is 13.6 Å². The molecular weight excluding hydrogens is 346 g/mol. The quantitative estimate of drug-likeness (QED) is 0.705. The zero-order valence-corrected chi connectivity index (χ0v) is 14.0. The maximum Gasteiger partial charge on any atom is 0.278 e. The summed E-state index contributed by atoms with van der Waals surface area (Å²) in [6.07, 6.45) is 0. The van der Waals surface area contributed by atoms with Crippen molar-refractivity contribution < 1.29 is 22.7 Å². The van der Waals surface area contributed by atoms with E-state index < -0.39 is 27.4 Å². The summed E-state index contributed by atoms with van der Waals surface area (Å²) in [4.78, 5) is 24.8. The number of sulfonamides is 1. The zero-order valence-electron chi connectivity index (χ0n) is 13.1. The van der Waals surface area contributed by atoms with Crippen LogP contribution >= 0.6 is 0 Å². The average Bonchev–Trinajstić information content (AvgIpc) is 2.55. The Labute approximate surface area is 144 Å². The highest BCUT2D eigenvalue weighted by molar-refractivity contribution is 7.89. The first-order valence-electron chi connectivity index (χ1n) is 7.24. The van der Waals surface area contributed by atoms with Crippen LogP contribution in [0.1, 0.15) is 6.92 Å². The number of carbonyl (C=O) groups is 2. The number of carbonyl (C=O) groups excluding carboxylic acids is 2. The summed E-state index contributed by atoms with van der Waals surface area (Å²) < 4.78 is 28.1. The molecule has 2 amide bonds. The number of fused-ring (bicyclic) bond motifs is 1. The predicted octanol–water partition coefficient (Wildman–Crippen LogP) is 1.06. The predicted molar refractivity (Wildman–Crippen MR) is 90.5 cm³/mol.